The molecule has 2 rings (SSSR count). The number of hydrogen-bond acceptors (Lipinski definition) is 8. The number of aromatic nitrogens is 1. The first kappa shape index (κ1) is 20.4. The minimum atomic E-state index is -2.93. The van der Waals surface area contributed by atoms with Crippen LogP contribution in [0.5, 0.6) is 5.75 Å². The number of thiazole rings is 1. The standard InChI is InChI=1S/C17H17F2N3O4S/c1-3-26-16(24)13-9-27-17(20-13)22-21-12(15(18)19)8-14(23)10-4-6-11(25-2)7-5-10/h4-7,9,15H,3,8H2,1-2H3,(H,20,22). The lowest BCUT2D eigenvalue weighted by Crippen LogP contribution is -2.17. The molecule has 27 heavy (non-hydrogen) atoms. The molecule has 0 radical (unpaired) electrons. The van der Waals surface area contributed by atoms with Crippen LogP contribution in [-0.2, 0) is 4.74 Å². The first-order valence-corrected chi connectivity index (χ1v) is 8.73. The van der Waals surface area contributed by atoms with Crippen LogP contribution in [-0.4, -0.2) is 42.6 Å². The Balaban J connectivity index is 2.05. The van der Waals surface area contributed by atoms with Crippen LogP contribution in [0.25, 0.3) is 0 Å². The van der Waals surface area contributed by atoms with Crippen LogP contribution in [0.3, 0.4) is 0 Å². The zero-order chi connectivity index (χ0) is 19.8. The topological polar surface area (TPSA) is 89.9 Å². The average molecular weight is 397 g/mol. The number of halogens is 2. The van der Waals surface area contributed by atoms with E-state index in [0.29, 0.717) is 5.75 Å². The maximum atomic E-state index is 13.2. The third-order valence-corrected chi connectivity index (χ3v) is 4.04. The SMILES string of the molecule is CCOC(=O)c1csc(NN=C(CC(=O)c2ccc(OC)cc2)C(F)F)n1. The highest BCUT2D eigenvalue weighted by Crippen LogP contribution is 2.18. The molecule has 1 aromatic carbocycles. The van der Waals surface area contributed by atoms with Gasteiger partial charge in [-0.15, -0.1) is 11.3 Å². The lowest BCUT2D eigenvalue weighted by atomic mass is 10.1. The number of carbonyl (C=O) groups is 2. The molecule has 0 unspecified atom stereocenters. The summed E-state index contributed by atoms with van der Waals surface area (Å²) in [4.78, 5) is 27.6. The maximum absolute atomic E-state index is 13.2. The zero-order valence-corrected chi connectivity index (χ0v) is 15.4. The molecule has 0 bridgehead atoms. The fourth-order valence-corrected chi connectivity index (χ4v) is 2.57. The fraction of sp³-hybridized carbons (Fsp3) is 0.294. The number of benzene rings is 1. The van der Waals surface area contributed by atoms with E-state index in [4.69, 9.17) is 9.47 Å². The van der Waals surface area contributed by atoms with Crippen molar-refractivity contribution in [2.45, 2.75) is 19.8 Å². The molecule has 7 nitrogen and oxygen atoms in total. The number of carbonyl (C=O) groups excluding carboxylic acids is 2. The number of hydrazone groups is 1. The highest BCUT2D eigenvalue weighted by molar-refractivity contribution is 7.13. The molecular weight excluding hydrogens is 380 g/mol. The number of rotatable bonds is 9. The third kappa shape index (κ3) is 5.81. The van der Waals surface area contributed by atoms with E-state index in [0.717, 1.165) is 11.3 Å². The Morgan fingerprint density at radius 3 is 2.59 bits per heavy atom. The van der Waals surface area contributed by atoms with Gasteiger partial charge in [0, 0.05) is 10.9 Å². The number of anilines is 1. The van der Waals surface area contributed by atoms with Crippen molar-refractivity contribution in [3.05, 3.63) is 40.9 Å². The van der Waals surface area contributed by atoms with Gasteiger partial charge in [-0.05, 0) is 31.2 Å². The molecule has 0 aliphatic heterocycles. The second kappa shape index (κ2) is 9.72. The zero-order valence-electron chi connectivity index (χ0n) is 14.6. The van der Waals surface area contributed by atoms with E-state index in [9.17, 15) is 18.4 Å². The number of ether oxygens (including phenoxy) is 2. The fourth-order valence-electron chi connectivity index (χ4n) is 1.95. The van der Waals surface area contributed by atoms with Gasteiger partial charge in [0.15, 0.2) is 11.5 Å². The summed E-state index contributed by atoms with van der Waals surface area (Å²) in [5.41, 5.74) is 2.03. The molecule has 0 saturated carbocycles. The van der Waals surface area contributed by atoms with Crippen molar-refractivity contribution >= 4 is 33.9 Å². The smallest absolute Gasteiger partial charge is 0.357 e. The van der Waals surface area contributed by atoms with Gasteiger partial charge in [-0.1, -0.05) is 0 Å². The summed E-state index contributed by atoms with van der Waals surface area (Å²) in [5, 5.41) is 5.13. The second-order valence-electron chi connectivity index (χ2n) is 5.10. The van der Waals surface area contributed by atoms with E-state index in [1.807, 2.05) is 0 Å². The van der Waals surface area contributed by atoms with Crippen LogP contribution in [0.2, 0.25) is 0 Å². The van der Waals surface area contributed by atoms with Crippen molar-refractivity contribution in [1.82, 2.24) is 4.98 Å². The number of ketones is 1. The van der Waals surface area contributed by atoms with Crippen molar-refractivity contribution < 1.29 is 27.8 Å². The first-order valence-electron chi connectivity index (χ1n) is 7.85. The van der Waals surface area contributed by atoms with E-state index in [2.05, 4.69) is 15.5 Å². The molecule has 0 spiro atoms. The largest absolute Gasteiger partial charge is 0.497 e. The van der Waals surface area contributed by atoms with Gasteiger partial charge in [0.2, 0.25) is 5.13 Å². The van der Waals surface area contributed by atoms with Gasteiger partial charge in [-0.3, -0.25) is 10.2 Å². The molecule has 1 aromatic heterocycles. The number of alkyl halides is 2. The highest BCUT2D eigenvalue weighted by Gasteiger charge is 2.19. The molecule has 1 heterocycles. The number of hydrogen-bond donors (Lipinski definition) is 1. The summed E-state index contributed by atoms with van der Waals surface area (Å²) in [5.74, 6) is -0.573. The quantitative estimate of drug-likeness (QED) is 0.301. The summed E-state index contributed by atoms with van der Waals surface area (Å²) in [7, 11) is 1.48. The van der Waals surface area contributed by atoms with E-state index in [-0.39, 0.29) is 23.0 Å². The second-order valence-corrected chi connectivity index (χ2v) is 5.96. The lowest BCUT2D eigenvalue weighted by Gasteiger charge is -2.06. The van der Waals surface area contributed by atoms with Crippen LogP contribution < -0.4 is 10.2 Å². The molecule has 0 aliphatic rings. The molecule has 0 amide bonds. The normalized spacial score (nSPS) is 11.4. The number of Topliss-reactive ketones (excluding diaryl/α,β-unsaturated/α-hetero) is 1. The van der Waals surface area contributed by atoms with Crippen LogP contribution in [0.15, 0.2) is 34.7 Å². The minimum absolute atomic E-state index is 0.0486. The Morgan fingerprint density at radius 1 is 1.30 bits per heavy atom. The van der Waals surface area contributed by atoms with Crippen LogP contribution in [0.4, 0.5) is 13.9 Å². The summed E-state index contributed by atoms with van der Waals surface area (Å²) in [6.07, 6.45) is -3.49. The van der Waals surface area contributed by atoms with Crippen LogP contribution in [0.1, 0.15) is 34.2 Å². The Kier molecular flexibility index (Phi) is 7.35. The molecule has 0 atom stereocenters. The molecule has 0 saturated heterocycles. The monoisotopic (exact) mass is 397 g/mol. The molecular formula is C17H17F2N3O4S. The highest BCUT2D eigenvalue weighted by atomic mass is 32.1. The molecule has 0 aliphatic carbocycles. The number of esters is 1. The van der Waals surface area contributed by atoms with Crippen molar-refractivity contribution in [2.24, 2.45) is 5.10 Å². The third-order valence-electron chi connectivity index (χ3n) is 3.29. The molecule has 2 aromatic rings. The molecule has 10 heteroatoms. The van der Waals surface area contributed by atoms with E-state index in [1.54, 1.807) is 19.1 Å². The van der Waals surface area contributed by atoms with Gasteiger partial charge in [0.1, 0.15) is 11.5 Å². The lowest BCUT2D eigenvalue weighted by molar-refractivity contribution is 0.0520. The van der Waals surface area contributed by atoms with E-state index >= 15 is 0 Å². The van der Waals surface area contributed by atoms with Crippen molar-refractivity contribution in [2.75, 3.05) is 19.1 Å². The van der Waals surface area contributed by atoms with Crippen molar-refractivity contribution in [1.29, 1.82) is 0 Å². The van der Waals surface area contributed by atoms with Gasteiger partial charge >= 0.3 is 5.97 Å². The Morgan fingerprint density at radius 2 is 2.00 bits per heavy atom. The van der Waals surface area contributed by atoms with Crippen molar-refractivity contribution in [3.8, 4) is 5.75 Å². The Labute approximate surface area is 158 Å². The number of nitrogens with one attached hydrogen (secondary N) is 1. The molecule has 0 fully saturated rings. The molecule has 144 valence electrons. The summed E-state index contributed by atoms with van der Waals surface area (Å²) in [6.45, 7) is 1.85. The Bertz CT molecular complexity index is 822. The summed E-state index contributed by atoms with van der Waals surface area (Å²) >= 11 is 1.00. The minimum Gasteiger partial charge on any atom is -0.497 e. The van der Waals surface area contributed by atoms with Gasteiger partial charge < -0.3 is 9.47 Å². The predicted molar refractivity (Wildman–Crippen MR) is 97.1 cm³/mol. The maximum Gasteiger partial charge on any atom is 0.357 e. The molecule has 1 N–H and O–H groups in total. The van der Waals surface area contributed by atoms with Gasteiger partial charge in [-0.2, -0.15) is 5.10 Å². The Hall–Kier alpha value is -2.88. The van der Waals surface area contributed by atoms with E-state index in [1.165, 1.54) is 24.6 Å². The van der Waals surface area contributed by atoms with Crippen LogP contribution >= 0.6 is 11.3 Å². The van der Waals surface area contributed by atoms with Crippen LogP contribution in [0, 0.1) is 0 Å². The summed E-state index contributed by atoms with van der Waals surface area (Å²) < 4.78 is 36.2. The first-order chi connectivity index (χ1) is 12.9. The van der Waals surface area contributed by atoms with Gasteiger partial charge in [0.05, 0.1) is 20.1 Å². The van der Waals surface area contributed by atoms with Crippen molar-refractivity contribution in [3.63, 3.8) is 0 Å². The average Bonchev–Trinajstić information content (AvgIpc) is 3.14. The van der Waals surface area contributed by atoms with Gasteiger partial charge in [0.25, 0.3) is 6.43 Å². The van der Waals surface area contributed by atoms with Gasteiger partial charge in [-0.25, -0.2) is 18.6 Å². The number of methoxy groups -OCH3 is 1. The predicted octanol–water partition coefficient (Wildman–Crippen LogP) is 3.63. The van der Waals surface area contributed by atoms with E-state index < -0.39 is 30.3 Å². The number of nitrogens with zero attached hydrogens (tertiary/aromatic N) is 2. The summed E-state index contributed by atoms with van der Waals surface area (Å²) in [6, 6.07) is 6.11.